The lowest BCUT2D eigenvalue weighted by atomic mass is 10.0. The van der Waals surface area contributed by atoms with Gasteiger partial charge in [-0.3, -0.25) is 9.59 Å². The van der Waals surface area contributed by atoms with Crippen LogP contribution in [0.15, 0.2) is 47.4 Å². The van der Waals surface area contributed by atoms with E-state index in [9.17, 15) is 18.0 Å². The van der Waals surface area contributed by atoms with Gasteiger partial charge >= 0.3 is 0 Å². The zero-order valence-electron chi connectivity index (χ0n) is 16.9. The number of rotatable bonds is 8. The number of carbonyl (C=O) groups is 2. The van der Waals surface area contributed by atoms with Gasteiger partial charge in [-0.15, -0.1) is 0 Å². The quantitative estimate of drug-likeness (QED) is 0.688. The lowest BCUT2D eigenvalue weighted by Gasteiger charge is -2.20. The van der Waals surface area contributed by atoms with Crippen molar-refractivity contribution < 1.29 is 27.5 Å². The monoisotopic (exact) mass is 432 g/mol. The molecule has 0 atom stereocenters. The number of fused-ring (bicyclic) bond motifs is 1. The second-order valence-corrected chi connectivity index (χ2v) is 8.90. The van der Waals surface area contributed by atoms with Gasteiger partial charge in [-0.2, -0.15) is 0 Å². The van der Waals surface area contributed by atoms with Crippen molar-refractivity contribution in [3.8, 4) is 11.5 Å². The Morgan fingerprint density at radius 1 is 1.20 bits per heavy atom. The van der Waals surface area contributed by atoms with E-state index < -0.39 is 10.0 Å². The first-order valence-corrected chi connectivity index (χ1v) is 11.0. The number of benzene rings is 2. The highest BCUT2D eigenvalue weighted by molar-refractivity contribution is 7.89. The average Bonchev–Trinajstić information content (AvgIpc) is 2.74. The summed E-state index contributed by atoms with van der Waals surface area (Å²) in [7, 11) is -0.664. The number of anilines is 1. The summed E-state index contributed by atoms with van der Waals surface area (Å²) >= 11 is 0. The minimum absolute atomic E-state index is 0.0160. The van der Waals surface area contributed by atoms with Crippen molar-refractivity contribution in [3.63, 3.8) is 0 Å². The molecule has 1 amide bonds. The molecule has 2 aromatic carbocycles. The van der Waals surface area contributed by atoms with E-state index in [1.165, 1.54) is 30.6 Å². The van der Waals surface area contributed by atoms with Crippen molar-refractivity contribution in [2.24, 2.45) is 0 Å². The predicted octanol–water partition coefficient (Wildman–Crippen LogP) is 2.70. The molecule has 0 fully saturated rings. The molecule has 9 heteroatoms. The number of sulfonamides is 1. The van der Waals surface area contributed by atoms with Gasteiger partial charge in [0.15, 0.2) is 11.5 Å². The molecule has 1 N–H and O–H groups in total. The van der Waals surface area contributed by atoms with Crippen LogP contribution >= 0.6 is 0 Å². The van der Waals surface area contributed by atoms with Crippen LogP contribution in [0.4, 0.5) is 5.69 Å². The Morgan fingerprint density at radius 3 is 2.63 bits per heavy atom. The third-order valence-corrected chi connectivity index (χ3v) is 6.68. The molecule has 0 spiro atoms. The second-order valence-electron chi connectivity index (χ2n) is 6.86. The minimum atomic E-state index is -3.65. The number of ether oxygens (including phenoxy) is 2. The summed E-state index contributed by atoms with van der Waals surface area (Å²) < 4.78 is 37.1. The van der Waals surface area contributed by atoms with Crippen molar-refractivity contribution in [1.82, 2.24) is 4.31 Å². The molecular formula is C21H24N2O6S. The molecular weight excluding hydrogens is 408 g/mol. The number of Topliss-reactive ketones (excluding diaryl/α,β-unsaturated/α-hetero) is 1. The Labute approximate surface area is 175 Å². The molecule has 2 aromatic rings. The average molecular weight is 432 g/mol. The lowest BCUT2D eigenvalue weighted by molar-refractivity contribution is -0.116. The molecule has 3 rings (SSSR count). The summed E-state index contributed by atoms with van der Waals surface area (Å²) in [6.45, 7) is 0.469. The zero-order chi connectivity index (χ0) is 21.7. The number of nitrogens with one attached hydrogen (secondary N) is 1. The molecule has 1 aliphatic heterocycles. The summed E-state index contributed by atoms with van der Waals surface area (Å²) in [5.41, 5.74) is 0.911. The van der Waals surface area contributed by atoms with E-state index in [0.29, 0.717) is 35.6 Å². The standard InChI is InChI=1S/C21H24N2O6S/c1-23(30(26,27)16-10-8-15(28-2)9-11-16)13-4-7-20(25)22-18-6-3-5-17-19(24)12-14-29-21(17)18/h3,5-6,8-11H,4,7,12-14H2,1-2H3,(H,22,25). The zero-order valence-corrected chi connectivity index (χ0v) is 17.7. The van der Waals surface area contributed by atoms with Gasteiger partial charge in [-0.1, -0.05) is 6.07 Å². The molecule has 0 unspecified atom stereocenters. The highest BCUT2D eigenvalue weighted by Crippen LogP contribution is 2.33. The van der Waals surface area contributed by atoms with Gasteiger partial charge in [0.25, 0.3) is 0 Å². The van der Waals surface area contributed by atoms with Crippen molar-refractivity contribution >= 4 is 27.4 Å². The van der Waals surface area contributed by atoms with Gasteiger partial charge in [0, 0.05) is 26.4 Å². The lowest BCUT2D eigenvalue weighted by Crippen LogP contribution is -2.28. The smallest absolute Gasteiger partial charge is 0.242 e. The summed E-state index contributed by atoms with van der Waals surface area (Å²) in [6, 6.07) is 11.2. The third-order valence-electron chi connectivity index (χ3n) is 4.81. The fraction of sp³-hybridized carbons (Fsp3) is 0.333. The third kappa shape index (κ3) is 4.80. The Morgan fingerprint density at radius 2 is 1.93 bits per heavy atom. The van der Waals surface area contributed by atoms with Gasteiger partial charge in [-0.25, -0.2) is 12.7 Å². The van der Waals surface area contributed by atoms with Crippen LogP contribution in [0, 0.1) is 0 Å². The number of para-hydroxylation sites is 1. The summed E-state index contributed by atoms with van der Waals surface area (Å²) in [4.78, 5) is 24.4. The Bertz CT molecular complexity index is 1030. The van der Waals surface area contributed by atoms with E-state index in [1.807, 2.05) is 0 Å². The van der Waals surface area contributed by atoms with E-state index in [-0.39, 0.29) is 36.2 Å². The molecule has 160 valence electrons. The molecule has 0 bridgehead atoms. The molecule has 1 heterocycles. The topological polar surface area (TPSA) is 102 Å². The van der Waals surface area contributed by atoms with Crippen LogP contribution in [0.3, 0.4) is 0 Å². The number of carbonyl (C=O) groups excluding carboxylic acids is 2. The number of nitrogens with zero attached hydrogens (tertiary/aromatic N) is 1. The molecule has 0 saturated carbocycles. The highest BCUT2D eigenvalue weighted by Gasteiger charge is 2.23. The summed E-state index contributed by atoms with van der Waals surface area (Å²) in [6.07, 6.45) is 0.784. The van der Waals surface area contributed by atoms with Crippen LogP contribution in [0.25, 0.3) is 0 Å². The van der Waals surface area contributed by atoms with Crippen molar-refractivity contribution in [2.45, 2.75) is 24.2 Å². The first kappa shape index (κ1) is 21.8. The summed E-state index contributed by atoms with van der Waals surface area (Å²) in [5.74, 6) is 0.668. The van der Waals surface area contributed by atoms with Crippen LogP contribution in [-0.2, 0) is 14.8 Å². The van der Waals surface area contributed by atoms with Crippen molar-refractivity contribution in [2.75, 3.05) is 32.6 Å². The fourth-order valence-corrected chi connectivity index (χ4v) is 4.32. The van der Waals surface area contributed by atoms with E-state index in [0.717, 1.165) is 0 Å². The van der Waals surface area contributed by atoms with Gasteiger partial charge < -0.3 is 14.8 Å². The van der Waals surface area contributed by atoms with E-state index in [1.54, 1.807) is 30.3 Å². The Kier molecular flexibility index (Phi) is 6.73. The minimum Gasteiger partial charge on any atom is -0.497 e. The molecule has 0 aromatic heterocycles. The molecule has 0 saturated heterocycles. The maximum atomic E-state index is 12.6. The first-order chi connectivity index (χ1) is 14.3. The number of amides is 1. The Balaban J connectivity index is 1.55. The van der Waals surface area contributed by atoms with Gasteiger partial charge in [0.2, 0.25) is 15.9 Å². The van der Waals surface area contributed by atoms with Crippen LogP contribution in [0.5, 0.6) is 11.5 Å². The Hall–Kier alpha value is -2.91. The maximum Gasteiger partial charge on any atom is 0.242 e. The molecule has 8 nitrogen and oxygen atoms in total. The number of methoxy groups -OCH3 is 1. The number of hydrogen-bond donors (Lipinski definition) is 1. The van der Waals surface area contributed by atoms with E-state index in [2.05, 4.69) is 5.32 Å². The van der Waals surface area contributed by atoms with Crippen molar-refractivity contribution in [1.29, 1.82) is 0 Å². The maximum absolute atomic E-state index is 12.6. The second kappa shape index (κ2) is 9.27. The number of ketones is 1. The predicted molar refractivity (Wildman–Crippen MR) is 112 cm³/mol. The fourth-order valence-electron chi connectivity index (χ4n) is 3.11. The highest BCUT2D eigenvalue weighted by atomic mass is 32.2. The van der Waals surface area contributed by atoms with Gasteiger partial charge in [0.05, 0.1) is 29.9 Å². The largest absolute Gasteiger partial charge is 0.497 e. The van der Waals surface area contributed by atoms with E-state index in [4.69, 9.17) is 9.47 Å². The van der Waals surface area contributed by atoms with Gasteiger partial charge in [-0.05, 0) is 42.8 Å². The summed E-state index contributed by atoms with van der Waals surface area (Å²) in [5, 5.41) is 2.75. The van der Waals surface area contributed by atoms with Gasteiger partial charge in [0.1, 0.15) is 5.75 Å². The first-order valence-electron chi connectivity index (χ1n) is 9.52. The van der Waals surface area contributed by atoms with Crippen LogP contribution in [-0.4, -0.2) is 51.7 Å². The van der Waals surface area contributed by atoms with Crippen LogP contribution in [0.2, 0.25) is 0 Å². The number of hydrogen-bond acceptors (Lipinski definition) is 6. The molecule has 0 aliphatic carbocycles. The van der Waals surface area contributed by atoms with E-state index >= 15 is 0 Å². The van der Waals surface area contributed by atoms with Crippen LogP contribution < -0.4 is 14.8 Å². The molecule has 0 radical (unpaired) electrons. The molecule has 30 heavy (non-hydrogen) atoms. The normalized spacial score (nSPS) is 13.5. The van der Waals surface area contributed by atoms with Crippen LogP contribution in [0.1, 0.15) is 29.6 Å². The molecule has 1 aliphatic rings. The van der Waals surface area contributed by atoms with Crippen molar-refractivity contribution in [3.05, 3.63) is 48.0 Å². The SMILES string of the molecule is COc1ccc(S(=O)(=O)N(C)CCCC(=O)Nc2cccc3c2OCCC3=O)cc1.